The molecule has 0 saturated heterocycles. The summed E-state index contributed by atoms with van der Waals surface area (Å²) in [6.45, 7) is 2.47. The minimum absolute atomic E-state index is 0.136. The van der Waals surface area contributed by atoms with Crippen LogP contribution in [0.4, 0.5) is 0 Å². The quantitative estimate of drug-likeness (QED) is 0.901. The number of aryl methyl sites for hydroxylation is 1. The molecule has 94 valence electrons. The van der Waals surface area contributed by atoms with E-state index >= 15 is 0 Å². The Bertz CT molecular complexity index is 551. The number of hydrogen-bond acceptors (Lipinski definition) is 4. The molecule has 0 aliphatic rings. The molecule has 2 rings (SSSR count). The first-order valence-electron chi connectivity index (χ1n) is 5.58. The van der Waals surface area contributed by atoms with E-state index in [1.165, 1.54) is 23.3 Å². The molecule has 0 amide bonds. The summed E-state index contributed by atoms with van der Waals surface area (Å²) in [7, 11) is 0. The average molecular weight is 263 g/mol. The van der Waals surface area contributed by atoms with Crippen molar-refractivity contribution in [3.05, 3.63) is 45.9 Å². The van der Waals surface area contributed by atoms with Crippen LogP contribution in [0.1, 0.15) is 27.0 Å². The fourth-order valence-corrected chi connectivity index (χ4v) is 2.38. The summed E-state index contributed by atoms with van der Waals surface area (Å²) in [4.78, 5) is 17.2. The Morgan fingerprint density at radius 3 is 2.83 bits per heavy atom. The zero-order valence-corrected chi connectivity index (χ0v) is 10.7. The summed E-state index contributed by atoms with van der Waals surface area (Å²) in [5.41, 5.74) is 0.136. The molecule has 0 aromatic carbocycles. The average Bonchev–Trinajstić information content (AvgIpc) is 2.84. The standard InChI is InChI=1S/C13H13NO3S/c1-2-9-3-4-10(18-9)8-17-12-7-14-6-5-11(12)13(15)16/h3-7H,2,8H2,1H3,(H,15,16). The molecular weight excluding hydrogens is 250 g/mol. The number of hydrogen-bond donors (Lipinski definition) is 1. The van der Waals surface area contributed by atoms with Crippen LogP contribution in [0.15, 0.2) is 30.6 Å². The Kier molecular flexibility index (Phi) is 3.94. The summed E-state index contributed by atoms with van der Waals surface area (Å²) in [5, 5.41) is 9.00. The van der Waals surface area contributed by atoms with Crippen LogP contribution in [0, 0.1) is 0 Å². The van der Waals surface area contributed by atoms with E-state index in [1.54, 1.807) is 11.3 Å². The molecule has 2 heterocycles. The number of carbonyl (C=O) groups is 1. The largest absolute Gasteiger partial charge is 0.486 e. The van der Waals surface area contributed by atoms with Crippen molar-refractivity contribution in [1.82, 2.24) is 4.98 Å². The van der Waals surface area contributed by atoms with Crippen molar-refractivity contribution in [2.75, 3.05) is 0 Å². The topological polar surface area (TPSA) is 59.4 Å². The van der Waals surface area contributed by atoms with Gasteiger partial charge in [-0.15, -0.1) is 11.3 Å². The van der Waals surface area contributed by atoms with Crippen molar-refractivity contribution in [2.45, 2.75) is 20.0 Å². The number of nitrogens with zero attached hydrogens (tertiary/aromatic N) is 1. The lowest BCUT2D eigenvalue weighted by Gasteiger charge is -2.06. The van der Waals surface area contributed by atoms with Crippen LogP contribution in [-0.2, 0) is 13.0 Å². The normalized spacial score (nSPS) is 10.3. The third kappa shape index (κ3) is 2.87. The molecule has 0 aliphatic carbocycles. The van der Waals surface area contributed by atoms with Crippen molar-refractivity contribution in [3.63, 3.8) is 0 Å². The molecule has 0 atom stereocenters. The van der Waals surface area contributed by atoms with E-state index in [0.29, 0.717) is 12.4 Å². The number of aromatic carboxylic acids is 1. The van der Waals surface area contributed by atoms with Gasteiger partial charge in [0.1, 0.15) is 12.2 Å². The van der Waals surface area contributed by atoms with Gasteiger partial charge < -0.3 is 9.84 Å². The SMILES string of the molecule is CCc1ccc(COc2cnccc2C(=O)O)s1. The highest BCUT2D eigenvalue weighted by Crippen LogP contribution is 2.21. The lowest BCUT2D eigenvalue weighted by Crippen LogP contribution is -2.03. The highest BCUT2D eigenvalue weighted by atomic mass is 32.1. The van der Waals surface area contributed by atoms with Crippen LogP contribution in [0.2, 0.25) is 0 Å². The monoisotopic (exact) mass is 263 g/mol. The highest BCUT2D eigenvalue weighted by Gasteiger charge is 2.11. The molecule has 2 aromatic heterocycles. The minimum atomic E-state index is -1.01. The van der Waals surface area contributed by atoms with Gasteiger partial charge in [-0.2, -0.15) is 0 Å². The van der Waals surface area contributed by atoms with E-state index in [4.69, 9.17) is 9.84 Å². The van der Waals surface area contributed by atoms with Crippen LogP contribution in [0.5, 0.6) is 5.75 Å². The molecule has 0 saturated carbocycles. The first-order valence-corrected chi connectivity index (χ1v) is 6.40. The number of thiophene rings is 1. The van der Waals surface area contributed by atoms with Gasteiger partial charge in [0.25, 0.3) is 0 Å². The first-order chi connectivity index (χ1) is 8.70. The number of carboxylic acids is 1. The van der Waals surface area contributed by atoms with Gasteiger partial charge in [0.05, 0.1) is 6.20 Å². The number of aromatic nitrogens is 1. The number of pyridine rings is 1. The van der Waals surface area contributed by atoms with Crippen LogP contribution < -0.4 is 4.74 Å². The fraction of sp³-hybridized carbons (Fsp3) is 0.231. The molecule has 0 fully saturated rings. The zero-order valence-electron chi connectivity index (χ0n) is 9.92. The van der Waals surface area contributed by atoms with Gasteiger partial charge in [-0.3, -0.25) is 4.98 Å². The van der Waals surface area contributed by atoms with Gasteiger partial charge in [0.2, 0.25) is 0 Å². The predicted molar refractivity (Wildman–Crippen MR) is 69.2 cm³/mol. The summed E-state index contributed by atoms with van der Waals surface area (Å²) < 4.78 is 5.51. The van der Waals surface area contributed by atoms with E-state index in [2.05, 4.69) is 18.0 Å². The molecule has 18 heavy (non-hydrogen) atoms. The van der Waals surface area contributed by atoms with Crippen molar-refractivity contribution in [2.24, 2.45) is 0 Å². The molecule has 1 N–H and O–H groups in total. The van der Waals surface area contributed by atoms with Gasteiger partial charge in [-0.25, -0.2) is 4.79 Å². The smallest absolute Gasteiger partial charge is 0.339 e. The number of carboxylic acid groups (broad SMARTS) is 1. The Morgan fingerprint density at radius 2 is 2.17 bits per heavy atom. The van der Waals surface area contributed by atoms with Crippen LogP contribution >= 0.6 is 11.3 Å². The van der Waals surface area contributed by atoms with Gasteiger partial charge in [0.15, 0.2) is 5.75 Å². The minimum Gasteiger partial charge on any atom is -0.486 e. The highest BCUT2D eigenvalue weighted by molar-refractivity contribution is 7.11. The molecule has 0 spiro atoms. The molecule has 0 aliphatic heterocycles. The second kappa shape index (κ2) is 5.64. The molecule has 0 radical (unpaired) electrons. The molecule has 4 nitrogen and oxygen atoms in total. The van der Waals surface area contributed by atoms with Gasteiger partial charge in [0, 0.05) is 16.0 Å². The Balaban J connectivity index is 2.08. The summed E-state index contributed by atoms with van der Waals surface area (Å²) in [5.74, 6) is -0.704. The third-order valence-electron chi connectivity index (χ3n) is 2.45. The Morgan fingerprint density at radius 1 is 1.39 bits per heavy atom. The van der Waals surface area contributed by atoms with Crippen molar-refractivity contribution >= 4 is 17.3 Å². The Hall–Kier alpha value is -1.88. The summed E-state index contributed by atoms with van der Waals surface area (Å²) in [6, 6.07) is 5.49. The number of rotatable bonds is 5. The number of ether oxygens (including phenoxy) is 1. The fourth-order valence-electron chi connectivity index (χ4n) is 1.51. The maximum atomic E-state index is 11.0. The zero-order chi connectivity index (χ0) is 13.0. The van der Waals surface area contributed by atoms with Crippen molar-refractivity contribution in [1.29, 1.82) is 0 Å². The second-order valence-corrected chi connectivity index (χ2v) is 4.94. The molecular formula is C13H13NO3S. The molecule has 0 bridgehead atoms. The van der Waals surface area contributed by atoms with Crippen molar-refractivity contribution in [3.8, 4) is 5.75 Å². The lowest BCUT2D eigenvalue weighted by atomic mass is 10.2. The lowest BCUT2D eigenvalue weighted by molar-refractivity contribution is 0.0691. The van der Waals surface area contributed by atoms with E-state index in [0.717, 1.165) is 11.3 Å². The van der Waals surface area contributed by atoms with E-state index in [9.17, 15) is 4.79 Å². The third-order valence-corrected chi connectivity index (χ3v) is 3.65. The molecule has 2 aromatic rings. The summed E-state index contributed by atoms with van der Waals surface area (Å²) >= 11 is 1.67. The predicted octanol–water partition coefficient (Wildman–Crippen LogP) is 2.98. The van der Waals surface area contributed by atoms with Gasteiger partial charge in [-0.1, -0.05) is 6.92 Å². The van der Waals surface area contributed by atoms with Gasteiger partial charge >= 0.3 is 5.97 Å². The summed E-state index contributed by atoms with van der Waals surface area (Å²) in [6.07, 6.45) is 3.87. The van der Waals surface area contributed by atoms with E-state index in [1.807, 2.05) is 6.07 Å². The molecule has 0 unspecified atom stereocenters. The Labute approximate surface area is 109 Å². The maximum absolute atomic E-state index is 11.0. The van der Waals surface area contributed by atoms with Crippen molar-refractivity contribution < 1.29 is 14.6 Å². The van der Waals surface area contributed by atoms with E-state index in [-0.39, 0.29) is 5.56 Å². The first kappa shape index (κ1) is 12.6. The van der Waals surface area contributed by atoms with Crippen LogP contribution in [0.3, 0.4) is 0 Å². The van der Waals surface area contributed by atoms with Crippen LogP contribution in [-0.4, -0.2) is 16.1 Å². The molecule has 5 heteroatoms. The second-order valence-electron chi connectivity index (χ2n) is 3.69. The van der Waals surface area contributed by atoms with E-state index < -0.39 is 5.97 Å². The van der Waals surface area contributed by atoms with Crippen LogP contribution in [0.25, 0.3) is 0 Å². The van der Waals surface area contributed by atoms with Gasteiger partial charge in [-0.05, 0) is 24.6 Å². The maximum Gasteiger partial charge on any atom is 0.339 e.